The summed E-state index contributed by atoms with van der Waals surface area (Å²) >= 11 is 0. The normalized spacial score (nSPS) is 20.8. The minimum atomic E-state index is 0.176. The molecule has 0 saturated carbocycles. The third-order valence-electron chi connectivity index (χ3n) is 2.64. The Kier molecular flexibility index (Phi) is 3.80. The van der Waals surface area contributed by atoms with Crippen molar-refractivity contribution < 1.29 is 9.47 Å². The second-order valence-corrected chi connectivity index (χ2v) is 4.33. The van der Waals surface area contributed by atoms with Gasteiger partial charge in [-0.05, 0) is 37.1 Å². The Morgan fingerprint density at radius 3 is 2.69 bits per heavy atom. The molecule has 1 N–H and O–H groups in total. The van der Waals surface area contributed by atoms with E-state index in [9.17, 15) is 0 Å². The molecule has 1 fully saturated rings. The molecule has 88 valence electrons. The predicted molar refractivity (Wildman–Crippen MR) is 64.0 cm³/mol. The first-order valence-electron chi connectivity index (χ1n) is 5.77. The SMILES string of the molecule is Cc1cc(C)cc(OC[C@@H]2CNCCO2)c1. The molecule has 0 radical (unpaired) electrons. The summed E-state index contributed by atoms with van der Waals surface area (Å²) in [7, 11) is 0. The first-order chi connectivity index (χ1) is 7.74. The van der Waals surface area contributed by atoms with Gasteiger partial charge in [-0.25, -0.2) is 0 Å². The van der Waals surface area contributed by atoms with Gasteiger partial charge in [-0.15, -0.1) is 0 Å². The smallest absolute Gasteiger partial charge is 0.119 e. The zero-order chi connectivity index (χ0) is 11.4. The number of ether oxygens (including phenoxy) is 2. The molecule has 0 amide bonds. The fourth-order valence-corrected chi connectivity index (χ4v) is 1.93. The van der Waals surface area contributed by atoms with Crippen LogP contribution in [0.2, 0.25) is 0 Å². The molecule has 2 rings (SSSR count). The number of aryl methyl sites for hydroxylation is 2. The van der Waals surface area contributed by atoms with Gasteiger partial charge in [-0.3, -0.25) is 0 Å². The maximum absolute atomic E-state index is 5.74. The molecule has 0 aliphatic carbocycles. The van der Waals surface area contributed by atoms with Crippen molar-refractivity contribution in [3.8, 4) is 5.75 Å². The van der Waals surface area contributed by atoms with Crippen molar-refractivity contribution in [2.75, 3.05) is 26.3 Å². The molecule has 1 aliphatic rings. The zero-order valence-electron chi connectivity index (χ0n) is 9.95. The summed E-state index contributed by atoms with van der Waals surface area (Å²) in [5, 5.41) is 3.29. The van der Waals surface area contributed by atoms with Gasteiger partial charge in [0.15, 0.2) is 0 Å². The van der Waals surface area contributed by atoms with Crippen molar-refractivity contribution in [3.05, 3.63) is 29.3 Å². The number of hydrogen-bond donors (Lipinski definition) is 1. The topological polar surface area (TPSA) is 30.5 Å². The van der Waals surface area contributed by atoms with Gasteiger partial charge in [0.05, 0.1) is 6.61 Å². The summed E-state index contributed by atoms with van der Waals surface area (Å²) in [5.41, 5.74) is 2.47. The third kappa shape index (κ3) is 3.22. The van der Waals surface area contributed by atoms with E-state index in [1.54, 1.807) is 0 Å². The fraction of sp³-hybridized carbons (Fsp3) is 0.538. The number of morpholine rings is 1. The van der Waals surface area contributed by atoms with E-state index in [4.69, 9.17) is 9.47 Å². The maximum atomic E-state index is 5.74. The summed E-state index contributed by atoms with van der Waals surface area (Å²) in [6.07, 6.45) is 0.176. The van der Waals surface area contributed by atoms with Crippen LogP contribution in [0.1, 0.15) is 11.1 Å². The van der Waals surface area contributed by atoms with Gasteiger partial charge in [0, 0.05) is 13.1 Å². The van der Waals surface area contributed by atoms with Crippen LogP contribution in [0.15, 0.2) is 18.2 Å². The monoisotopic (exact) mass is 221 g/mol. The molecule has 1 heterocycles. The van der Waals surface area contributed by atoms with Gasteiger partial charge in [0.1, 0.15) is 18.5 Å². The van der Waals surface area contributed by atoms with E-state index in [-0.39, 0.29) is 6.10 Å². The molecule has 1 atom stereocenters. The molecular weight excluding hydrogens is 202 g/mol. The molecular formula is C13H19NO2. The molecule has 0 unspecified atom stereocenters. The van der Waals surface area contributed by atoms with Crippen molar-refractivity contribution in [1.82, 2.24) is 5.32 Å². The Balaban J connectivity index is 1.88. The fourth-order valence-electron chi connectivity index (χ4n) is 1.93. The van der Waals surface area contributed by atoms with E-state index in [1.807, 2.05) is 0 Å². The number of hydrogen-bond acceptors (Lipinski definition) is 3. The van der Waals surface area contributed by atoms with Crippen LogP contribution >= 0.6 is 0 Å². The summed E-state index contributed by atoms with van der Waals surface area (Å²) in [6, 6.07) is 6.26. The van der Waals surface area contributed by atoms with Crippen molar-refractivity contribution in [1.29, 1.82) is 0 Å². The highest BCUT2D eigenvalue weighted by Gasteiger charge is 2.13. The van der Waals surface area contributed by atoms with E-state index in [0.717, 1.165) is 25.4 Å². The third-order valence-corrected chi connectivity index (χ3v) is 2.64. The molecule has 0 aromatic heterocycles. The van der Waals surface area contributed by atoms with E-state index < -0.39 is 0 Å². The summed E-state index contributed by atoms with van der Waals surface area (Å²) < 4.78 is 11.3. The minimum absolute atomic E-state index is 0.176. The highest BCUT2D eigenvalue weighted by molar-refractivity contribution is 5.32. The number of nitrogens with one attached hydrogen (secondary N) is 1. The van der Waals surface area contributed by atoms with Gasteiger partial charge in [-0.2, -0.15) is 0 Å². The molecule has 1 saturated heterocycles. The predicted octanol–water partition coefficient (Wildman–Crippen LogP) is 1.67. The lowest BCUT2D eigenvalue weighted by molar-refractivity contribution is 0.000174. The van der Waals surface area contributed by atoms with E-state index in [1.165, 1.54) is 11.1 Å². The molecule has 0 bridgehead atoms. The molecule has 1 aliphatic heterocycles. The van der Waals surface area contributed by atoms with Crippen molar-refractivity contribution in [3.63, 3.8) is 0 Å². The van der Waals surface area contributed by atoms with Crippen LogP contribution < -0.4 is 10.1 Å². The van der Waals surface area contributed by atoms with E-state index >= 15 is 0 Å². The Morgan fingerprint density at radius 2 is 2.06 bits per heavy atom. The van der Waals surface area contributed by atoms with Crippen LogP contribution in [0.25, 0.3) is 0 Å². The van der Waals surface area contributed by atoms with E-state index in [0.29, 0.717) is 6.61 Å². The van der Waals surface area contributed by atoms with Gasteiger partial charge in [0.2, 0.25) is 0 Å². The van der Waals surface area contributed by atoms with E-state index in [2.05, 4.69) is 37.4 Å². The highest BCUT2D eigenvalue weighted by atomic mass is 16.5. The molecule has 3 nitrogen and oxygen atoms in total. The minimum Gasteiger partial charge on any atom is -0.491 e. The van der Waals surface area contributed by atoms with Crippen molar-refractivity contribution >= 4 is 0 Å². The van der Waals surface area contributed by atoms with Crippen molar-refractivity contribution in [2.24, 2.45) is 0 Å². The Hall–Kier alpha value is -1.06. The van der Waals surface area contributed by atoms with Gasteiger partial charge >= 0.3 is 0 Å². The lowest BCUT2D eigenvalue weighted by Gasteiger charge is -2.23. The van der Waals surface area contributed by atoms with Crippen LogP contribution in [-0.2, 0) is 4.74 Å². The van der Waals surface area contributed by atoms with Crippen LogP contribution in [0, 0.1) is 13.8 Å². The maximum Gasteiger partial charge on any atom is 0.119 e. The van der Waals surface area contributed by atoms with Gasteiger partial charge in [0.25, 0.3) is 0 Å². The highest BCUT2D eigenvalue weighted by Crippen LogP contribution is 2.16. The average molecular weight is 221 g/mol. The Bertz CT molecular complexity index is 326. The summed E-state index contributed by atoms with van der Waals surface area (Å²) in [6.45, 7) is 7.39. The van der Waals surface area contributed by atoms with Gasteiger partial charge in [-0.1, -0.05) is 6.07 Å². The lowest BCUT2D eigenvalue weighted by atomic mass is 10.1. The quantitative estimate of drug-likeness (QED) is 0.842. The molecule has 16 heavy (non-hydrogen) atoms. The second-order valence-electron chi connectivity index (χ2n) is 4.33. The lowest BCUT2D eigenvalue weighted by Crippen LogP contribution is -2.41. The largest absolute Gasteiger partial charge is 0.491 e. The average Bonchev–Trinajstić information content (AvgIpc) is 2.27. The van der Waals surface area contributed by atoms with Crippen LogP contribution in [0.5, 0.6) is 5.75 Å². The number of benzene rings is 1. The van der Waals surface area contributed by atoms with Gasteiger partial charge < -0.3 is 14.8 Å². The number of rotatable bonds is 3. The molecule has 0 spiro atoms. The standard InChI is InChI=1S/C13H19NO2/c1-10-5-11(2)7-12(6-10)16-9-13-8-14-3-4-15-13/h5-7,13-14H,3-4,8-9H2,1-2H3/t13-/m0/s1. The van der Waals surface area contributed by atoms with Crippen LogP contribution in [0.4, 0.5) is 0 Å². The molecule has 1 aromatic rings. The zero-order valence-corrected chi connectivity index (χ0v) is 9.95. The first kappa shape index (κ1) is 11.4. The Labute approximate surface area is 96.8 Å². The second kappa shape index (κ2) is 5.32. The first-order valence-corrected chi connectivity index (χ1v) is 5.77. The molecule has 3 heteroatoms. The molecule has 1 aromatic carbocycles. The van der Waals surface area contributed by atoms with Crippen molar-refractivity contribution in [2.45, 2.75) is 20.0 Å². The van der Waals surface area contributed by atoms with Crippen LogP contribution in [0.3, 0.4) is 0 Å². The summed E-state index contributed by atoms with van der Waals surface area (Å²) in [4.78, 5) is 0. The summed E-state index contributed by atoms with van der Waals surface area (Å²) in [5.74, 6) is 0.937. The Morgan fingerprint density at radius 1 is 1.31 bits per heavy atom. The van der Waals surface area contributed by atoms with Crippen LogP contribution in [-0.4, -0.2) is 32.4 Å².